The third kappa shape index (κ3) is 3.99. The minimum atomic E-state index is -4.53. The van der Waals surface area contributed by atoms with Gasteiger partial charge in [0.1, 0.15) is 5.82 Å². The molecular formula is C11H14ClF3N2O2S. The van der Waals surface area contributed by atoms with Gasteiger partial charge in [0, 0.05) is 19.0 Å². The molecule has 0 aliphatic heterocycles. The van der Waals surface area contributed by atoms with Gasteiger partial charge in [0.25, 0.3) is 0 Å². The molecule has 20 heavy (non-hydrogen) atoms. The molecule has 4 nitrogen and oxygen atoms in total. The Morgan fingerprint density at radius 1 is 1.35 bits per heavy atom. The van der Waals surface area contributed by atoms with Gasteiger partial charge in [-0.25, -0.2) is 13.4 Å². The van der Waals surface area contributed by atoms with Gasteiger partial charge in [-0.2, -0.15) is 13.2 Å². The van der Waals surface area contributed by atoms with Crippen LogP contribution in [-0.2, 0) is 16.0 Å². The molecule has 0 spiro atoms. The van der Waals surface area contributed by atoms with Gasteiger partial charge in [0.05, 0.1) is 15.3 Å². The van der Waals surface area contributed by atoms with Crippen molar-refractivity contribution in [3.05, 3.63) is 22.8 Å². The molecule has 0 unspecified atom stereocenters. The topological polar surface area (TPSA) is 59.1 Å². The lowest BCUT2D eigenvalue weighted by Gasteiger charge is -2.23. The van der Waals surface area contributed by atoms with Crippen LogP contribution in [0, 0.1) is 0 Å². The van der Waals surface area contributed by atoms with Crippen molar-refractivity contribution in [2.24, 2.45) is 0 Å². The van der Waals surface area contributed by atoms with Gasteiger partial charge in [-0.15, -0.1) is 0 Å². The predicted molar refractivity (Wildman–Crippen MR) is 71.7 cm³/mol. The Hall–Kier alpha value is -1.02. The fourth-order valence-electron chi connectivity index (χ4n) is 1.15. The van der Waals surface area contributed by atoms with Crippen LogP contribution in [0.3, 0.4) is 0 Å². The molecule has 1 N–H and O–H groups in total. The number of sulfone groups is 1. The van der Waals surface area contributed by atoms with Crippen LogP contribution in [-0.4, -0.2) is 30.9 Å². The molecule has 1 rings (SSSR count). The highest BCUT2D eigenvalue weighted by atomic mass is 35.5. The van der Waals surface area contributed by atoms with E-state index < -0.39 is 26.3 Å². The molecule has 1 heterocycles. The first-order valence-corrected chi connectivity index (χ1v) is 7.78. The first kappa shape index (κ1) is 17.0. The van der Waals surface area contributed by atoms with Crippen molar-refractivity contribution in [2.45, 2.75) is 24.8 Å². The second-order valence-electron chi connectivity index (χ2n) is 4.94. The second-order valence-corrected chi connectivity index (χ2v) is 7.99. The van der Waals surface area contributed by atoms with Crippen molar-refractivity contribution in [1.29, 1.82) is 0 Å². The molecule has 9 heteroatoms. The monoisotopic (exact) mass is 330 g/mol. The minimum Gasteiger partial charge on any atom is -0.367 e. The zero-order chi connectivity index (χ0) is 15.8. The van der Waals surface area contributed by atoms with E-state index in [1.807, 2.05) is 0 Å². The maximum absolute atomic E-state index is 12.4. The van der Waals surface area contributed by atoms with Crippen LogP contribution in [0.1, 0.15) is 19.4 Å². The Kier molecular flexibility index (Phi) is 4.60. The zero-order valence-corrected chi connectivity index (χ0v) is 12.6. The average Bonchev–Trinajstić information content (AvgIpc) is 2.24. The standard InChI is InChI=1S/C11H14ClF3N2O2S/c1-10(2,20(3,18)19)6-17-9-8(12)4-7(5-16-9)11(13,14)15/h4-5H,6H2,1-3H3,(H,16,17). The summed E-state index contributed by atoms with van der Waals surface area (Å²) < 4.78 is 59.2. The van der Waals surface area contributed by atoms with Crippen LogP contribution in [0.2, 0.25) is 5.02 Å². The molecule has 0 aliphatic rings. The molecule has 0 saturated heterocycles. The highest BCUT2D eigenvalue weighted by molar-refractivity contribution is 7.92. The van der Waals surface area contributed by atoms with Crippen molar-refractivity contribution < 1.29 is 21.6 Å². The van der Waals surface area contributed by atoms with Gasteiger partial charge < -0.3 is 5.32 Å². The molecule has 0 aliphatic carbocycles. The molecule has 1 aromatic rings. The van der Waals surface area contributed by atoms with E-state index in [0.29, 0.717) is 6.20 Å². The fraction of sp³-hybridized carbons (Fsp3) is 0.545. The Morgan fingerprint density at radius 3 is 2.30 bits per heavy atom. The van der Waals surface area contributed by atoms with E-state index in [0.717, 1.165) is 12.3 Å². The van der Waals surface area contributed by atoms with Crippen LogP contribution >= 0.6 is 11.6 Å². The molecule has 0 radical (unpaired) electrons. The molecule has 0 aromatic carbocycles. The Labute approximate surface area is 120 Å². The number of pyridine rings is 1. The van der Waals surface area contributed by atoms with E-state index in [4.69, 9.17) is 11.6 Å². The molecule has 0 saturated carbocycles. The maximum Gasteiger partial charge on any atom is 0.417 e. The molecule has 114 valence electrons. The van der Waals surface area contributed by atoms with E-state index in [2.05, 4.69) is 10.3 Å². The maximum atomic E-state index is 12.4. The van der Waals surface area contributed by atoms with E-state index in [-0.39, 0.29) is 17.4 Å². The van der Waals surface area contributed by atoms with Crippen LogP contribution < -0.4 is 5.32 Å². The lowest BCUT2D eigenvalue weighted by Crippen LogP contribution is -2.38. The lowest BCUT2D eigenvalue weighted by atomic mass is 10.2. The summed E-state index contributed by atoms with van der Waals surface area (Å²) in [6.07, 6.45) is -2.81. The Morgan fingerprint density at radius 2 is 1.90 bits per heavy atom. The number of rotatable bonds is 4. The summed E-state index contributed by atoms with van der Waals surface area (Å²) in [6, 6.07) is 0.740. The summed E-state index contributed by atoms with van der Waals surface area (Å²) in [4.78, 5) is 3.57. The number of halogens is 4. The Bertz CT molecular complexity index is 600. The van der Waals surface area contributed by atoms with Gasteiger partial charge >= 0.3 is 6.18 Å². The van der Waals surface area contributed by atoms with E-state index in [1.54, 1.807) is 0 Å². The third-order valence-corrected chi connectivity index (χ3v) is 5.29. The second kappa shape index (κ2) is 5.40. The highest BCUT2D eigenvalue weighted by Crippen LogP contribution is 2.32. The molecule has 0 amide bonds. The van der Waals surface area contributed by atoms with Crippen molar-refractivity contribution in [3.63, 3.8) is 0 Å². The minimum absolute atomic E-state index is 0.0105. The van der Waals surface area contributed by atoms with Gasteiger partial charge in [-0.3, -0.25) is 0 Å². The average molecular weight is 331 g/mol. The zero-order valence-electron chi connectivity index (χ0n) is 11.0. The first-order valence-electron chi connectivity index (χ1n) is 5.51. The quantitative estimate of drug-likeness (QED) is 0.922. The van der Waals surface area contributed by atoms with Crippen LogP contribution in [0.15, 0.2) is 12.3 Å². The first-order chi connectivity index (χ1) is 8.84. The molecular weight excluding hydrogens is 317 g/mol. The third-order valence-electron chi connectivity index (χ3n) is 2.85. The van der Waals surface area contributed by atoms with Crippen LogP contribution in [0.25, 0.3) is 0 Å². The van der Waals surface area contributed by atoms with Gasteiger partial charge in [0.2, 0.25) is 0 Å². The predicted octanol–water partition coefficient (Wildman–Crippen LogP) is 2.99. The molecule has 0 atom stereocenters. The largest absolute Gasteiger partial charge is 0.417 e. The van der Waals surface area contributed by atoms with Gasteiger partial charge in [0.15, 0.2) is 9.84 Å². The van der Waals surface area contributed by atoms with Crippen molar-refractivity contribution >= 4 is 27.3 Å². The number of alkyl halides is 3. The summed E-state index contributed by atoms with van der Waals surface area (Å²) in [5.41, 5.74) is -0.963. The number of hydrogen-bond acceptors (Lipinski definition) is 4. The lowest BCUT2D eigenvalue weighted by molar-refractivity contribution is -0.137. The van der Waals surface area contributed by atoms with Gasteiger partial charge in [-0.05, 0) is 19.9 Å². The summed E-state index contributed by atoms with van der Waals surface area (Å²) in [7, 11) is -3.33. The number of nitrogens with zero attached hydrogens (tertiary/aromatic N) is 1. The number of nitrogens with one attached hydrogen (secondary N) is 1. The molecule has 1 aromatic heterocycles. The Balaban J connectivity index is 2.91. The van der Waals surface area contributed by atoms with Gasteiger partial charge in [-0.1, -0.05) is 11.6 Å². The highest BCUT2D eigenvalue weighted by Gasteiger charge is 2.32. The van der Waals surface area contributed by atoms with Crippen molar-refractivity contribution in [2.75, 3.05) is 18.1 Å². The number of hydrogen-bond donors (Lipinski definition) is 1. The summed E-state index contributed by atoms with van der Waals surface area (Å²) >= 11 is 5.70. The summed E-state index contributed by atoms with van der Waals surface area (Å²) in [5.74, 6) is 0.0105. The van der Waals surface area contributed by atoms with E-state index >= 15 is 0 Å². The van der Waals surface area contributed by atoms with Crippen molar-refractivity contribution in [1.82, 2.24) is 4.98 Å². The van der Waals surface area contributed by atoms with Crippen LogP contribution in [0.4, 0.5) is 19.0 Å². The van der Waals surface area contributed by atoms with Crippen molar-refractivity contribution in [3.8, 4) is 0 Å². The molecule has 0 fully saturated rings. The summed E-state index contributed by atoms with van der Waals surface area (Å²) in [6.45, 7) is 2.96. The smallest absolute Gasteiger partial charge is 0.367 e. The summed E-state index contributed by atoms with van der Waals surface area (Å²) in [5, 5.41) is 2.43. The van der Waals surface area contributed by atoms with E-state index in [9.17, 15) is 21.6 Å². The fourth-order valence-corrected chi connectivity index (χ4v) is 1.72. The number of aromatic nitrogens is 1. The van der Waals surface area contributed by atoms with E-state index in [1.165, 1.54) is 13.8 Å². The number of anilines is 1. The van der Waals surface area contributed by atoms with Crippen LogP contribution in [0.5, 0.6) is 0 Å². The normalized spacial score (nSPS) is 13.3. The molecule has 0 bridgehead atoms. The SMILES string of the molecule is CC(C)(CNc1ncc(C(F)(F)F)cc1Cl)S(C)(=O)=O.